The molecule has 0 radical (unpaired) electrons. The van der Waals surface area contributed by atoms with Gasteiger partial charge >= 0.3 is 0 Å². The van der Waals surface area contributed by atoms with E-state index in [1.807, 2.05) is 31.2 Å². The van der Waals surface area contributed by atoms with Crippen LogP contribution in [0, 0.1) is 13.8 Å². The second-order valence-corrected chi connectivity index (χ2v) is 11.7. The first-order valence-electron chi connectivity index (χ1n) is 12.0. The number of aromatic nitrogens is 3. The van der Waals surface area contributed by atoms with E-state index in [9.17, 15) is 13.2 Å². The molecule has 9 nitrogen and oxygen atoms in total. The monoisotopic (exact) mass is 548 g/mol. The third kappa shape index (κ3) is 4.42. The third-order valence-corrected chi connectivity index (χ3v) is 9.23. The van der Waals surface area contributed by atoms with E-state index in [4.69, 9.17) is 9.47 Å². The van der Waals surface area contributed by atoms with E-state index in [2.05, 4.69) is 13.7 Å². The van der Waals surface area contributed by atoms with Crippen LogP contribution in [0.3, 0.4) is 0 Å². The van der Waals surface area contributed by atoms with Crippen LogP contribution >= 0.6 is 11.7 Å². The standard InChI is InChI=1S/C27H24N4O5S2/c1-16-4-3-5-18(10-16)8-9-31(38(33,34)26-17(2)6-7-21-25(26)30-37-29-21)14-20-11-19-12-23-24(36-15-35-23)13-22(19)28-27(20)32/h3-7,10-13H,8-9,14-15H2,1-2H3,(H,28,32). The Balaban J connectivity index is 1.43. The summed E-state index contributed by atoms with van der Waals surface area (Å²) in [6.45, 7) is 3.93. The molecule has 6 rings (SSSR count). The van der Waals surface area contributed by atoms with Crippen LogP contribution in [0.4, 0.5) is 0 Å². The number of nitrogens with one attached hydrogen (secondary N) is 1. The predicted molar refractivity (Wildman–Crippen MR) is 145 cm³/mol. The van der Waals surface area contributed by atoms with Gasteiger partial charge in [-0.3, -0.25) is 4.79 Å². The number of aryl methyl sites for hydroxylation is 2. The molecule has 5 aromatic rings. The van der Waals surface area contributed by atoms with Crippen molar-refractivity contribution in [3.63, 3.8) is 0 Å². The quantitative estimate of drug-likeness (QED) is 0.322. The van der Waals surface area contributed by atoms with Crippen LogP contribution in [-0.2, 0) is 23.0 Å². The highest BCUT2D eigenvalue weighted by molar-refractivity contribution is 7.89. The van der Waals surface area contributed by atoms with Crippen LogP contribution in [0.25, 0.3) is 21.9 Å². The van der Waals surface area contributed by atoms with Gasteiger partial charge in [-0.1, -0.05) is 35.9 Å². The van der Waals surface area contributed by atoms with Crippen molar-refractivity contribution in [3.8, 4) is 11.5 Å². The van der Waals surface area contributed by atoms with Crippen molar-refractivity contribution < 1.29 is 17.9 Å². The van der Waals surface area contributed by atoms with E-state index in [1.165, 1.54) is 4.31 Å². The van der Waals surface area contributed by atoms with Crippen molar-refractivity contribution in [2.75, 3.05) is 13.3 Å². The van der Waals surface area contributed by atoms with E-state index in [-0.39, 0.29) is 30.3 Å². The van der Waals surface area contributed by atoms with Crippen molar-refractivity contribution in [2.24, 2.45) is 0 Å². The summed E-state index contributed by atoms with van der Waals surface area (Å²) in [6, 6.07) is 16.7. The number of hydrogen-bond donors (Lipinski definition) is 1. The van der Waals surface area contributed by atoms with E-state index >= 15 is 0 Å². The first-order valence-corrected chi connectivity index (χ1v) is 14.2. The molecule has 38 heavy (non-hydrogen) atoms. The Hall–Kier alpha value is -3.80. The van der Waals surface area contributed by atoms with Crippen LogP contribution in [0.5, 0.6) is 11.5 Å². The highest BCUT2D eigenvalue weighted by Crippen LogP contribution is 2.35. The Morgan fingerprint density at radius 3 is 2.66 bits per heavy atom. The minimum Gasteiger partial charge on any atom is -0.454 e. The van der Waals surface area contributed by atoms with Crippen molar-refractivity contribution in [3.05, 3.63) is 87.2 Å². The summed E-state index contributed by atoms with van der Waals surface area (Å²) >= 11 is 0.973. The van der Waals surface area contributed by atoms with E-state index in [0.29, 0.717) is 45.6 Å². The van der Waals surface area contributed by atoms with Crippen LogP contribution in [0.1, 0.15) is 22.3 Å². The zero-order valence-electron chi connectivity index (χ0n) is 20.7. The molecule has 0 aliphatic carbocycles. The summed E-state index contributed by atoms with van der Waals surface area (Å²) < 4.78 is 49.2. The normalized spacial score (nSPS) is 13.1. The summed E-state index contributed by atoms with van der Waals surface area (Å²) in [5.41, 5.74) is 4.10. The van der Waals surface area contributed by atoms with Gasteiger partial charge in [0, 0.05) is 30.1 Å². The van der Waals surface area contributed by atoms with Crippen molar-refractivity contribution in [1.29, 1.82) is 0 Å². The highest BCUT2D eigenvalue weighted by atomic mass is 32.2. The zero-order chi connectivity index (χ0) is 26.4. The number of benzene rings is 3. The van der Waals surface area contributed by atoms with E-state index in [0.717, 1.165) is 28.2 Å². The number of sulfonamides is 1. The van der Waals surface area contributed by atoms with E-state index < -0.39 is 10.0 Å². The SMILES string of the molecule is Cc1cccc(CCN(Cc2cc3cc4c(cc3[nH]c2=O)OCO4)S(=O)(=O)c2c(C)ccc3nsnc23)c1. The van der Waals surface area contributed by atoms with Crippen molar-refractivity contribution >= 4 is 43.7 Å². The molecule has 0 saturated carbocycles. The molecule has 0 atom stereocenters. The fourth-order valence-electron chi connectivity index (χ4n) is 4.74. The minimum absolute atomic E-state index is 0.110. The van der Waals surface area contributed by atoms with Crippen LogP contribution in [0.2, 0.25) is 0 Å². The molecule has 0 bridgehead atoms. The maximum atomic E-state index is 14.2. The maximum absolute atomic E-state index is 14.2. The molecule has 3 aromatic carbocycles. The molecule has 3 heterocycles. The summed E-state index contributed by atoms with van der Waals surface area (Å²) in [5.74, 6) is 1.14. The van der Waals surface area contributed by atoms with Gasteiger partial charge in [0.05, 0.1) is 17.2 Å². The molecule has 1 N–H and O–H groups in total. The maximum Gasteiger partial charge on any atom is 0.252 e. The Kier molecular flexibility index (Phi) is 6.13. The van der Waals surface area contributed by atoms with Gasteiger partial charge in [0.1, 0.15) is 15.9 Å². The van der Waals surface area contributed by atoms with Gasteiger partial charge in [-0.15, -0.1) is 0 Å². The van der Waals surface area contributed by atoms with Crippen LogP contribution in [0.15, 0.2) is 64.3 Å². The van der Waals surface area contributed by atoms with Gasteiger partial charge in [-0.25, -0.2) is 8.42 Å². The van der Waals surface area contributed by atoms with Gasteiger partial charge in [-0.2, -0.15) is 13.1 Å². The molecule has 11 heteroatoms. The number of fused-ring (bicyclic) bond motifs is 3. The summed E-state index contributed by atoms with van der Waals surface area (Å²) in [6.07, 6.45) is 0.482. The Bertz CT molecular complexity index is 1860. The fourth-order valence-corrected chi connectivity index (χ4v) is 7.11. The van der Waals surface area contributed by atoms with Crippen molar-refractivity contribution in [2.45, 2.75) is 31.7 Å². The van der Waals surface area contributed by atoms with Crippen LogP contribution < -0.4 is 15.0 Å². The summed E-state index contributed by atoms with van der Waals surface area (Å²) in [4.78, 5) is 16.1. The lowest BCUT2D eigenvalue weighted by Gasteiger charge is -2.23. The number of ether oxygens (including phenoxy) is 2. The van der Waals surface area contributed by atoms with Gasteiger partial charge in [0.25, 0.3) is 5.56 Å². The molecule has 0 fully saturated rings. The topological polar surface area (TPSA) is 114 Å². The molecule has 2 aromatic heterocycles. The number of rotatable bonds is 7. The molecular formula is C27H24N4O5S2. The smallest absolute Gasteiger partial charge is 0.252 e. The molecule has 1 aliphatic heterocycles. The number of aromatic amines is 1. The number of pyridine rings is 1. The lowest BCUT2D eigenvalue weighted by Crippen LogP contribution is -2.35. The minimum atomic E-state index is -4.05. The largest absolute Gasteiger partial charge is 0.454 e. The highest BCUT2D eigenvalue weighted by Gasteiger charge is 2.30. The average Bonchev–Trinajstić information content (AvgIpc) is 3.54. The molecule has 1 aliphatic rings. The zero-order valence-corrected chi connectivity index (χ0v) is 22.4. The Morgan fingerprint density at radius 1 is 1.03 bits per heavy atom. The molecule has 0 saturated heterocycles. The average molecular weight is 549 g/mol. The summed E-state index contributed by atoms with van der Waals surface area (Å²) in [7, 11) is -4.05. The molecule has 0 unspecified atom stereocenters. The van der Waals surface area contributed by atoms with Crippen molar-refractivity contribution in [1.82, 2.24) is 18.0 Å². The lowest BCUT2D eigenvalue weighted by atomic mass is 10.1. The van der Waals surface area contributed by atoms with Gasteiger partial charge in [0.2, 0.25) is 16.8 Å². The molecule has 194 valence electrons. The lowest BCUT2D eigenvalue weighted by molar-refractivity contribution is 0.174. The molecule has 0 amide bonds. The Labute approximate surface area is 223 Å². The number of hydrogen-bond acceptors (Lipinski definition) is 8. The summed E-state index contributed by atoms with van der Waals surface area (Å²) in [5, 5.41) is 0.724. The first kappa shape index (κ1) is 24.5. The molecule has 0 spiro atoms. The fraction of sp³-hybridized carbons (Fsp3) is 0.222. The first-order chi connectivity index (χ1) is 18.3. The second kappa shape index (κ2) is 9.50. The van der Waals surface area contributed by atoms with E-state index in [1.54, 1.807) is 37.3 Å². The third-order valence-electron chi connectivity index (χ3n) is 6.67. The van der Waals surface area contributed by atoms with Gasteiger partial charge in [0.15, 0.2) is 11.5 Å². The van der Waals surface area contributed by atoms with Gasteiger partial charge < -0.3 is 14.5 Å². The molecular weight excluding hydrogens is 524 g/mol. The second-order valence-electron chi connectivity index (χ2n) is 9.34. The predicted octanol–water partition coefficient (Wildman–Crippen LogP) is 4.31. The number of H-pyrrole nitrogens is 1. The number of nitrogens with zero attached hydrogens (tertiary/aromatic N) is 3. The Morgan fingerprint density at radius 2 is 1.84 bits per heavy atom. The van der Waals surface area contributed by atoms with Crippen LogP contribution in [-0.4, -0.2) is 39.8 Å². The van der Waals surface area contributed by atoms with Gasteiger partial charge in [-0.05, 0) is 49.6 Å².